The van der Waals surface area contributed by atoms with Crippen molar-refractivity contribution in [2.45, 2.75) is 32.3 Å². The molecule has 1 heterocycles. The number of hydrogen-bond acceptors (Lipinski definition) is 3. The lowest BCUT2D eigenvalue weighted by Gasteiger charge is -2.35. The van der Waals surface area contributed by atoms with Gasteiger partial charge < -0.3 is 19.7 Å². The normalized spacial score (nSPS) is 18.7. The van der Waals surface area contributed by atoms with E-state index in [1.165, 1.54) is 17.5 Å². The SMILES string of the molecule is CN=C(NCCCCCOC)N1CCOC(c2ccccc2C)C1. The molecule has 2 rings (SSSR count). The highest BCUT2D eigenvalue weighted by Crippen LogP contribution is 2.24. The zero-order valence-corrected chi connectivity index (χ0v) is 15.3. The Morgan fingerprint density at radius 3 is 2.92 bits per heavy atom. The minimum absolute atomic E-state index is 0.111. The van der Waals surface area contributed by atoms with Gasteiger partial charge in [0.25, 0.3) is 0 Å². The smallest absolute Gasteiger partial charge is 0.193 e. The van der Waals surface area contributed by atoms with Crippen LogP contribution in [0.4, 0.5) is 0 Å². The maximum Gasteiger partial charge on any atom is 0.193 e. The van der Waals surface area contributed by atoms with Crippen LogP contribution in [0.3, 0.4) is 0 Å². The van der Waals surface area contributed by atoms with Gasteiger partial charge >= 0.3 is 0 Å². The molecule has 1 aromatic carbocycles. The number of ether oxygens (including phenoxy) is 2. The van der Waals surface area contributed by atoms with E-state index in [-0.39, 0.29) is 6.10 Å². The molecular weight excluding hydrogens is 302 g/mol. The van der Waals surface area contributed by atoms with Gasteiger partial charge in [-0.2, -0.15) is 0 Å². The maximum absolute atomic E-state index is 6.00. The van der Waals surface area contributed by atoms with Crippen LogP contribution in [0.25, 0.3) is 0 Å². The molecule has 1 saturated heterocycles. The van der Waals surface area contributed by atoms with Crippen molar-refractivity contribution in [3.8, 4) is 0 Å². The Labute approximate surface area is 146 Å². The first-order valence-electron chi connectivity index (χ1n) is 8.88. The van der Waals surface area contributed by atoms with E-state index >= 15 is 0 Å². The van der Waals surface area contributed by atoms with Crippen LogP contribution in [0.5, 0.6) is 0 Å². The minimum Gasteiger partial charge on any atom is -0.385 e. The molecule has 5 heteroatoms. The highest BCUT2D eigenvalue weighted by atomic mass is 16.5. The number of aliphatic imine (C=N–C) groups is 1. The van der Waals surface area contributed by atoms with Crippen molar-refractivity contribution in [2.75, 3.05) is 47.0 Å². The van der Waals surface area contributed by atoms with Gasteiger partial charge in [0.1, 0.15) is 6.10 Å². The van der Waals surface area contributed by atoms with Crippen LogP contribution in [0.1, 0.15) is 36.5 Å². The van der Waals surface area contributed by atoms with E-state index in [4.69, 9.17) is 9.47 Å². The Bertz CT molecular complexity index is 519. The highest BCUT2D eigenvalue weighted by Gasteiger charge is 2.24. The second-order valence-electron chi connectivity index (χ2n) is 6.19. The van der Waals surface area contributed by atoms with Crippen LogP contribution in [0.2, 0.25) is 0 Å². The fraction of sp³-hybridized carbons (Fsp3) is 0.632. The number of rotatable bonds is 7. The molecule has 0 bridgehead atoms. The first-order chi connectivity index (χ1) is 11.8. The van der Waals surface area contributed by atoms with Gasteiger partial charge in [-0.25, -0.2) is 0 Å². The van der Waals surface area contributed by atoms with E-state index in [1.807, 2.05) is 7.05 Å². The third-order valence-electron chi connectivity index (χ3n) is 4.42. The van der Waals surface area contributed by atoms with Crippen LogP contribution >= 0.6 is 0 Å². The molecule has 134 valence electrons. The largest absolute Gasteiger partial charge is 0.385 e. The molecule has 1 unspecified atom stereocenters. The lowest BCUT2D eigenvalue weighted by atomic mass is 10.0. The van der Waals surface area contributed by atoms with Crippen LogP contribution in [-0.2, 0) is 9.47 Å². The van der Waals surface area contributed by atoms with E-state index in [2.05, 4.69) is 46.4 Å². The molecule has 1 N–H and O–H groups in total. The van der Waals surface area contributed by atoms with Crippen molar-refractivity contribution in [3.05, 3.63) is 35.4 Å². The fourth-order valence-electron chi connectivity index (χ4n) is 3.06. The topological polar surface area (TPSA) is 46.1 Å². The molecule has 1 aliphatic rings. The lowest BCUT2D eigenvalue weighted by Crippen LogP contribution is -2.48. The Morgan fingerprint density at radius 2 is 2.17 bits per heavy atom. The van der Waals surface area contributed by atoms with E-state index in [0.717, 1.165) is 51.6 Å². The van der Waals surface area contributed by atoms with E-state index < -0.39 is 0 Å². The predicted molar refractivity (Wildman–Crippen MR) is 98.5 cm³/mol. The van der Waals surface area contributed by atoms with Crippen molar-refractivity contribution in [2.24, 2.45) is 4.99 Å². The molecule has 0 aliphatic carbocycles. The number of hydrogen-bond donors (Lipinski definition) is 1. The Hall–Kier alpha value is -1.59. The second-order valence-corrected chi connectivity index (χ2v) is 6.19. The summed E-state index contributed by atoms with van der Waals surface area (Å²) in [7, 11) is 3.61. The molecule has 1 aliphatic heterocycles. The first-order valence-corrected chi connectivity index (χ1v) is 8.88. The van der Waals surface area contributed by atoms with Crippen molar-refractivity contribution >= 4 is 5.96 Å². The standard InChI is InChI=1S/C19H31N3O2/c1-16-9-5-6-10-17(16)18-15-22(12-14-24-18)19(20-2)21-11-7-4-8-13-23-3/h5-6,9-10,18H,4,7-8,11-15H2,1-3H3,(H,20,21). The van der Waals surface area contributed by atoms with Gasteiger partial charge in [-0.05, 0) is 37.3 Å². The summed E-state index contributed by atoms with van der Waals surface area (Å²) in [5.74, 6) is 0.976. The molecule has 1 atom stereocenters. The molecular formula is C19H31N3O2. The van der Waals surface area contributed by atoms with Gasteiger partial charge in [-0.3, -0.25) is 4.99 Å². The summed E-state index contributed by atoms with van der Waals surface area (Å²) < 4.78 is 11.1. The fourth-order valence-corrected chi connectivity index (χ4v) is 3.06. The van der Waals surface area contributed by atoms with E-state index in [0.29, 0.717) is 0 Å². The molecule has 1 aromatic rings. The number of benzene rings is 1. The van der Waals surface area contributed by atoms with Gasteiger partial charge in [0.15, 0.2) is 5.96 Å². The summed E-state index contributed by atoms with van der Waals surface area (Å²) in [4.78, 5) is 6.75. The summed E-state index contributed by atoms with van der Waals surface area (Å²) in [5.41, 5.74) is 2.56. The van der Waals surface area contributed by atoms with Crippen LogP contribution in [0.15, 0.2) is 29.3 Å². The molecule has 24 heavy (non-hydrogen) atoms. The quantitative estimate of drug-likeness (QED) is 0.473. The monoisotopic (exact) mass is 333 g/mol. The lowest BCUT2D eigenvalue weighted by molar-refractivity contribution is -0.00830. The van der Waals surface area contributed by atoms with Gasteiger partial charge in [0.2, 0.25) is 0 Å². The molecule has 0 amide bonds. The second kappa shape index (κ2) is 10.3. The van der Waals surface area contributed by atoms with Gasteiger partial charge in [-0.1, -0.05) is 24.3 Å². The zero-order chi connectivity index (χ0) is 17.2. The number of methoxy groups -OCH3 is 1. The van der Waals surface area contributed by atoms with Crippen molar-refractivity contribution in [1.82, 2.24) is 10.2 Å². The molecule has 5 nitrogen and oxygen atoms in total. The number of nitrogens with zero attached hydrogens (tertiary/aromatic N) is 2. The van der Waals surface area contributed by atoms with Crippen LogP contribution < -0.4 is 5.32 Å². The van der Waals surface area contributed by atoms with Crippen molar-refractivity contribution < 1.29 is 9.47 Å². The number of unbranched alkanes of at least 4 members (excludes halogenated alkanes) is 2. The number of guanidine groups is 1. The van der Waals surface area contributed by atoms with Gasteiger partial charge in [-0.15, -0.1) is 0 Å². The Morgan fingerprint density at radius 1 is 1.33 bits per heavy atom. The maximum atomic E-state index is 6.00. The van der Waals surface area contributed by atoms with Gasteiger partial charge in [0.05, 0.1) is 13.2 Å². The summed E-state index contributed by atoms with van der Waals surface area (Å²) in [6.07, 6.45) is 3.53. The predicted octanol–water partition coefficient (Wildman–Crippen LogP) is 2.76. The van der Waals surface area contributed by atoms with Gasteiger partial charge in [0, 0.05) is 33.9 Å². The molecule has 0 radical (unpaired) electrons. The summed E-state index contributed by atoms with van der Waals surface area (Å²) in [6.45, 7) is 6.39. The summed E-state index contributed by atoms with van der Waals surface area (Å²) >= 11 is 0. The third-order valence-corrected chi connectivity index (χ3v) is 4.42. The van der Waals surface area contributed by atoms with Crippen LogP contribution in [-0.4, -0.2) is 57.9 Å². The molecule has 0 saturated carbocycles. The van der Waals surface area contributed by atoms with Crippen LogP contribution in [0, 0.1) is 6.92 Å². The number of aryl methyl sites for hydroxylation is 1. The molecule has 0 aromatic heterocycles. The highest BCUT2D eigenvalue weighted by molar-refractivity contribution is 5.80. The summed E-state index contributed by atoms with van der Waals surface area (Å²) in [5, 5.41) is 3.48. The molecule has 0 spiro atoms. The average molecular weight is 333 g/mol. The van der Waals surface area contributed by atoms with Crippen molar-refractivity contribution in [3.63, 3.8) is 0 Å². The number of nitrogens with one attached hydrogen (secondary N) is 1. The van der Waals surface area contributed by atoms with Crippen molar-refractivity contribution in [1.29, 1.82) is 0 Å². The number of morpholine rings is 1. The third kappa shape index (κ3) is 5.49. The van der Waals surface area contributed by atoms with E-state index in [1.54, 1.807) is 7.11 Å². The Kier molecular flexibility index (Phi) is 8.05. The zero-order valence-electron chi connectivity index (χ0n) is 15.3. The van der Waals surface area contributed by atoms with E-state index in [9.17, 15) is 0 Å². The Balaban J connectivity index is 1.84. The minimum atomic E-state index is 0.111. The first kappa shape index (κ1) is 18.7. The molecule has 1 fully saturated rings. The summed E-state index contributed by atoms with van der Waals surface area (Å²) in [6, 6.07) is 8.46. The average Bonchev–Trinajstić information content (AvgIpc) is 2.62.